The number of nitrogens with zero attached hydrogens (tertiary/aromatic N) is 1. The first-order valence-corrected chi connectivity index (χ1v) is 11.0. The maximum absolute atomic E-state index is 12.6. The number of carbonyl (C=O) groups excluding carboxylic acids is 1. The average molecular weight is 423 g/mol. The van der Waals surface area contributed by atoms with Crippen LogP contribution in [0.25, 0.3) is 0 Å². The van der Waals surface area contributed by atoms with E-state index in [9.17, 15) is 4.79 Å². The maximum Gasteiger partial charge on any atom is 0.330 e. The Kier molecular flexibility index (Phi) is 8.31. The van der Waals surface area contributed by atoms with Gasteiger partial charge in [-0.3, -0.25) is 0 Å². The van der Waals surface area contributed by atoms with Crippen molar-refractivity contribution in [3.63, 3.8) is 0 Å². The molecule has 2 aromatic carbocycles. The predicted octanol–water partition coefficient (Wildman–Crippen LogP) is 4.65. The second-order valence-corrected chi connectivity index (χ2v) is 7.63. The molecule has 0 aliphatic carbocycles. The van der Waals surface area contributed by atoms with Crippen molar-refractivity contribution in [1.82, 2.24) is 0 Å². The average Bonchev–Trinajstić information content (AvgIpc) is 2.80. The van der Waals surface area contributed by atoms with Crippen molar-refractivity contribution < 1.29 is 19.0 Å². The molecule has 0 amide bonds. The van der Waals surface area contributed by atoms with Gasteiger partial charge < -0.3 is 19.5 Å². The lowest BCUT2D eigenvalue weighted by Crippen LogP contribution is -2.27. The molecule has 0 radical (unpaired) electrons. The van der Waals surface area contributed by atoms with Crippen LogP contribution in [0.4, 0.5) is 5.69 Å². The van der Waals surface area contributed by atoms with Gasteiger partial charge in [0.2, 0.25) is 0 Å². The number of hydrogen-bond acceptors (Lipinski definition) is 6. The first kappa shape index (κ1) is 22.6. The van der Waals surface area contributed by atoms with E-state index in [2.05, 4.69) is 31.3 Å². The molecule has 1 saturated heterocycles. The van der Waals surface area contributed by atoms with E-state index in [-0.39, 0.29) is 12.6 Å². The second kappa shape index (κ2) is 11.4. The molecule has 3 rings (SSSR count). The van der Waals surface area contributed by atoms with Gasteiger partial charge in [0.15, 0.2) is 11.5 Å². The van der Waals surface area contributed by atoms with Gasteiger partial charge in [-0.05, 0) is 54.3 Å². The van der Waals surface area contributed by atoms with Crippen molar-refractivity contribution >= 4 is 11.7 Å². The molecule has 0 atom stereocenters. The maximum atomic E-state index is 12.6. The summed E-state index contributed by atoms with van der Waals surface area (Å²) in [6.07, 6.45) is 4.41. The van der Waals surface area contributed by atoms with Crippen molar-refractivity contribution in [2.24, 2.45) is 0 Å². The molecule has 0 spiro atoms. The molecule has 0 unspecified atom stereocenters. The smallest absolute Gasteiger partial charge is 0.330 e. The van der Waals surface area contributed by atoms with E-state index >= 15 is 0 Å². The number of esters is 1. The zero-order valence-electron chi connectivity index (χ0n) is 18.3. The third kappa shape index (κ3) is 6.47. The van der Waals surface area contributed by atoms with Gasteiger partial charge in [-0.15, -0.1) is 0 Å². The number of benzene rings is 2. The Morgan fingerprint density at radius 1 is 1.19 bits per heavy atom. The first-order chi connectivity index (χ1) is 15.1. The van der Waals surface area contributed by atoms with Crippen LogP contribution in [-0.4, -0.2) is 31.8 Å². The Balaban J connectivity index is 1.75. The Hall–Kier alpha value is -3.04. The van der Waals surface area contributed by atoms with Crippen molar-refractivity contribution in [2.75, 3.05) is 25.1 Å². The summed E-state index contributed by atoms with van der Waals surface area (Å²) in [5, 5.41) is 11.9. The van der Waals surface area contributed by atoms with Crippen LogP contribution in [0.15, 0.2) is 36.4 Å². The summed E-state index contributed by atoms with van der Waals surface area (Å²) in [5.74, 6) is 0.774. The number of anilines is 1. The molecule has 1 N–H and O–H groups in total. The van der Waals surface area contributed by atoms with Crippen molar-refractivity contribution in [2.45, 2.75) is 52.1 Å². The molecule has 1 aliphatic rings. The summed E-state index contributed by atoms with van der Waals surface area (Å²) in [7, 11) is 0. The summed E-state index contributed by atoms with van der Waals surface area (Å²) in [5.41, 5.74) is 3.52. The number of carbonyl (C=O) groups is 1. The zero-order chi connectivity index (χ0) is 22.1. The van der Waals surface area contributed by atoms with Crippen LogP contribution in [0.5, 0.6) is 11.5 Å². The van der Waals surface area contributed by atoms with E-state index < -0.39 is 5.97 Å². The molecule has 2 aromatic rings. The number of nitrogens with one attached hydrogen (secondary N) is 1. The van der Waals surface area contributed by atoms with Crippen LogP contribution < -0.4 is 14.8 Å². The van der Waals surface area contributed by atoms with Crippen molar-refractivity contribution in [1.29, 1.82) is 5.26 Å². The standard InChI is InChI=1S/C25H30N2O4/c1-3-5-20-14-18(4-2)15-23(25(20)30-22-10-12-29-13-11-22)31-24(28)17-27-21-8-6-19(16-26)7-9-21/h6-9,14-15,22,27H,3-5,10-13,17H2,1-2H3. The summed E-state index contributed by atoms with van der Waals surface area (Å²) in [4.78, 5) is 12.6. The molecule has 31 heavy (non-hydrogen) atoms. The fourth-order valence-electron chi connectivity index (χ4n) is 3.55. The van der Waals surface area contributed by atoms with Crippen LogP contribution in [0, 0.1) is 11.3 Å². The Labute approximate surface area is 184 Å². The molecule has 6 heteroatoms. The monoisotopic (exact) mass is 422 g/mol. The lowest BCUT2D eigenvalue weighted by Gasteiger charge is -2.26. The molecule has 6 nitrogen and oxygen atoms in total. The number of hydrogen-bond donors (Lipinski definition) is 1. The fourth-order valence-corrected chi connectivity index (χ4v) is 3.55. The lowest BCUT2D eigenvalue weighted by molar-refractivity contribution is -0.132. The van der Waals surface area contributed by atoms with Gasteiger partial charge in [0, 0.05) is 18.5 Å². The normalized spacial score (nSPS) is 14.0. The highest BCUT2D eigenvalue weighted by atomic mass is 16.6. The van der Waals surface area contributed by atoms with Gasteiger partial charge in [0.25, 0.3) is 0 Å². The highest BCUT2D eigenvalue weighted by molar-refractivity contribution is 5.78. The number of nitriles is 1. The first-order valence-electron chi connectivity index (χ1n) is 11.0. The van der Waals surface area contributed by atoms with Gasteiger partial charge in [-0.1, -0.05) is 26.3 Å². The minimum absolute atomic E-state index is 0.0159. The Morgan fingerprint density at radius 3 is 2.58 bits per heavy atom. The fraction of sp³-hybridized carbons (Fsp3) is 0.440. The van der Waals surface area contributed by atoms with E-state index in [1.165, 1.54) is 0 Å². The van der Waals surface area contributed by atoms with Gasteiger partial charge in [-0.2, -0.15) is 5.26 Å². The SMILES string of the molecule is CCCc1cc(CC)cc(OC(=O)CNc2ccc(C#N)cc2)c1OC1CCOCC1. The van der Waals surface area contributed by atoms with E-state index in [0.717, 1.165) is 48.9 Å². The number of ether oxygens (including phenoxy) is 3. The van der Waals surface area contributed by atoms with E-state index in [4.69, 9.17) is 19.5 Å². The highest BCUT2D eigenvalue weighted by Gasteiger charge is 2.22. The Bertz CT molecular complexity index is 912. The van der Waals surface area contributed by atoms with Crippen LogP contribution in [0.3, 0.4) is 0 Å². The molecule has 0 bridgehead atoms. The van der Waals surface area contributed by atoms with Crippen LogP contribution in [0.1, 0.15) is 49.8 Å². The van der Waals surface area contributed by atoms with Crippen LogP contribution in [0.2, 0.25) is 0 Å². The third-order valence-electron chi connectivity index (χ3n) is 5.25. The zero-order valence-corrected chi connectivity index (χ0v) is 18.3. The molecule has 164 valence electrons. The van der Waals surface area contributed by atoms with Crippen molar-refractivity contribution in [3.05, 3.63) is 53.1 Å². The highest BCUT2D eigenvalue weighted by Crippen LogP contribution is 2.36. The Morgan fingerprint density at radius 2 is 1.94 bits per heavy atom. The molecular formula is C25H30N2O4. The lowest BCUT2D eigenvalue weighted by atomic mass is 10.0. The quantitative estimate of drug-likeness (QED) is 0.468. The molecular weight excluding hydrogens is 392 g/mol. The number of aryl methyl sites for hydroxylation is 2. The summed E-state index contributed by atoms with van der Waals surface area (Å²) >= 11 is 0. The molecule has 1 fully saturated rings. The topological polar surface area (TPSA) is 80.6 Å². The van der Waals surface area contributed by atoms with Gasteiger partial charge >= 0.3 is 5.97 Å². The summed E-state index contributed by atoms with van der Waals surface area (Å²) in [6, 6.07) is 13.1. The summed E-state index contributed by atoms with van der Waals surface area (Å²) < 4.78 is 17.6. The van der Waals surface area contributed by atoms with Crippen molar-refractivity contribution in [3.8, 4) is 17.6 Å². The van der Waals surface area contributed by atoms with E-state index in [0.29, 0.717) is 30.3 Å². The molecule has 0 aromatic heterocycles. The van der Waals surface area contributed by atoms with E-state index in [1.807, 2.05) is 6.07 Å². The third-order valence-corrected chi connectivity index (χ3v) is 5.25. The largest absolute Gasteiger partial charge is 0.486 e. The van der Waals surface area contributed by atoms with Gasteiger partial charge in [-0.25, -0.2) is 4.79 Å². The molecule has 0 saturated carbocycles. The summed E-state index contributed by atoms with van der Waals surface area (Å²) in [6.45, 7) is 5.60. The van der Waals surface area contributed by atoms with Gasteiger partial charge in [0.05, 0.1) is 24.8 Å². The minimum atomic E-state index is -0.392. The number of rotatable bonds is 9. The minimum Gasteiger partial charge on any atom is -0.486 e. The van der Waals surface area contributed by atoms with Gasteiger partial charge in [0.1, 0.15) is 12.6 Å². The van der Waals surface area contributed by atoms with Crippen LogP contribution in [-0.2, 0) is 22.4 Å². The predicted molar refractivity (Wildman–Crippen MR) is 120 cm³/mol. The molecule has 1 heterocycles. The van der Waals surface area contributed by atoms with Crippen LogP contribution >= 0.6 is 0 Å². The van der Waals surface area contributed by atoms with E-state index in [1.54, 1.807) is 24.3 Å². The molecule has 1 aliphatic heterocycles. The second-order valence-electron chi connectivity index (χ2n) is 7.63.